The van der Waals surface area contributed by atoms with E-state index in [9.17, 15) is 0 Å². The Morgan fingerprint density at radius 3 is 1.71 bits per heavy atom. The van der Waals surface area contributed by atoms with Crippen LogP contribution in [0, 0.1) is 0 Å². The van der Waals surface area contributed by atoms with Crippen LogP contribution in [0.25, 0.3) is 0 Å². The molecule has 1 saturated heterocycles. The minimum Gasteiger partial charge on any atom is -0.367 e. The van der Waals surface area contributed by atoms with Gasteiger partial charge in [-0.3, -0.25) is 0 Å². The van der Waals surface area contributed by atoms with Crippen LogP contribution in [0.15, 0.2) is 48.9 Å². The van der Waals surface area contributed by atoms with Crippen molar-refractivity contribution in [2.75, 3.05) is 13.1 Å². The Balaban J connectivity index is 1.90. The Hall–Kier alpha value is -1.44. The summed E-state index contributed by atoms with van der Waals surface area (Å²) in [5.41, 5.74) is 0. The number of rotatable bonds is 0. The molecule has 0 unspecified atom stereocenters. The SMILES string of the molecule is C1=C[C@H]2[C@@H]3C=CC=CN3CCN2C=C1. The highest BCUT2D eigenvalue weighted by Gasteiger charge is 2.31. The van der Waals surface area contributed by atoms with Gasteiger partial charge in [-0.2, -0.15) is 0 Å². The lowest BCUT2D eigenvalue weighted by Crippen LogP contribution is -2.55. The second-order valence-corrected chi connectivity index (χ2v) is 3.91. The molecule has 0 bridgehead atoms. The van der Waals surface area contributed by atoms with Crippen molar-refractivity contribution < 1.29 is 0 Å². The second kappa shape index (κ2) is 3.05. The second-order valence-electron chi connectivity index (χ2n) is 3.91. The summed E-state index contributed by atoms with van der Waals surface area (Å²) < 4.78 is 0. The van der Waals surface area contributed by atoms with Crippen molar-refractivity contribution in [3.8, 4) is 0 Å². The van der Waals surface area contributed by atoms with Crippen molar-refractivity contribution in [3.05, 3.63) is 48.9 Å². The Bertz CT molecular complexity index is 304. The number of allylic oxidation sites excluding steroid dienone is 4. The van der Waals surface area contributed by atoms with E-state index in [2.05, 4.69) is 58.7 Å². The molecule has 72 valence electrons. The monoisotopic (exact) mass is 186 g/mol. The van der Waals surface area contributed by atoms with Crippen molar-refractivity contribution in [3.63, 3.8) is 0 Å². The molecule has 3 aliphatic rings. The van der Waals surface area contributed by atoms with Gasteiger partial charge in [0.25, 0.3) is 0 Å². The molecule has 14 heavy (non-hydrogen) atoms. The lowest BCUT2D eigenvalue weighted by Gasteiger charge is -2.46. The van der Waals surface area contributed by atoms with Crippen molar-refractivity contribution in [2.24, 2.45) is 0 Å². The minimum atomic E-state index is 0.523. The lowest BCUT2D eigenvalue weighted by atomic mass is 9.98. The molecule has 2 nitrogen and oxygen atoms in total. The van der Waals surface area contributed by atoms with Crippen LogP contribution in [0.1, 0.15) is 0 Å². The molecule has 0 aliphatic carbocycles. The van der Waals surface area contributed by atoms with Gasteiger partial charge in [-0.15, -0.1) is 0 Å². The first-order chi connectivity index (χ1) is 6.95. The van der Waals surface area contributed by atoms with Gasteiger partial charge in [0.05, 0.1) is 12.1 Å². The maximum absolute atomic E-state index is 2.42. The molecule has 2 heteroatoms. The molecule has 3 aliphatic heterocycles. The van der Waals surface area contributed by atoms with E-state index >= 15 is 0 Å². The maximum atomic E-state index is 2.42. The Kier molecular flexibility index (Phi) is 1.72. The third kappa shape index (κ3) is 1.10. The Labute approximate surface area is 84.5 Å². The minimum absolute atomic E-state index is 0.523. The van der Waals surface area contributed by atoms with Gasteiger partial charge in [0.1, 0.15) is 0 Å². The van der Waals surface area contributed by atoms with E-state index < -0.39 is 0 Å². The van der Waals surface area contributed by atoms with Gasteiger partial charge in [0.2, 0.25) is 0 Å². The smallest absolute Gasteiger partial charge is 0.0711 e. The topological polar surface area (TPSA) is 6.48 Å². The zero-order chi connectivity index (χ0) is 9.38. The molecule has 0 N–H and O–H groups in total. The highest BCUT2D eigenvalue weighted by molar-refractivity contribution is 5.25. The van der Waals surface area contributed by atoms with Crippen LogP contribution in [0.4, 0.5) is 0 Å². The highest BCUT2D eigenvalue weighted by atomic mass is 15.3. The van der Waals surface area contributed by atoms with Gasteiger partial charge in [-0.05, 0) is 24.6 Å². The number of nitrogens with zero attached hydrogens (tertiary/aromatic N) is 2. The summed E-state index contributed by atoms with van der Waals surface area (Å²) in [5.74, 6) is 0. The summed E-state index contributed by atoms with van der Waals surface area (Å²) in [4.78, 5) is 4.84. The molecule has 0 saturated carbocycles. The van der Waals surface area contributed by atoms with E-state index in [0.29, 0.717) is 12.1 Å². The van der Waals surface area contributed by atoms with Crippen LogP contribution in [-0.4, -0.2) is 35.0 Å². The predicted molar refractivity (Wildman–Crippen MR) is 57.5 cm³/mol. The Morgan fingerprint density at radius 2 is 1.21 bits per heavy atom. The van der Waals surface area contributed by atoms with E-state index in [-0.39, 0.29) is 0 Å². The number of hydrogen-bond acceptors (Lipinski definition) is 2. The van der Waals surface area contributed by atoms with Gasteiger partial charge < -0.3 is 9.80 Å². The fourth-order valence-corrected chi connectivity index (χ4v) is 2.39. The first kappa shape index (κ1) is 7.92. The number of fused-ring (bicyclic) bond motifs is 3. The molecule has 0 radical (unpaired) electrons. The highest BCUT2D eigenvalue weighted by Crippen LogP contribution is 2.24. The van der Waals surface area contributed by atoms with Gasteiger partial charge in [-0.1, -0.05) is 24.3 Å². The van der Waals surface area contributed by atoms with E-state index in [1.54, 1.807) is 0 Å². The molecule has 3 rings (SSSR count). The molecule has 1 fully saturated rings. The summed E-state index contributed by atoms with van der Waals surface area (Å²) in [5, 5.41) is 0. The van der Waals surface area contributed by atoms with Crippen LogP contribution >= 0.6 is 0 Å². The quantitative estimate of drug-likeness (QED) is 0.566. The van der Waals surface area contributed by atoms with E-state index in [1.807, 2.05) is 0 Å². The van der Waals surface area contributed by atoms with Gasteiger partial charge in [0, 0.05) is 13.1 Å². The van der Waals surface area contributed by atoms with Gasteiger partial charge in [-0.25, -0.2) is 0 Å². The summed E-state index contributed by atoms with van der Waals surface area (Å²) in [6.45, 7) is 2.25. The fraction of sp³-hybridized carbons (Fsp3) is 0.333. The summed E-state index contributed by atoms with van der Waals surface area (Å²) >= 11 is 0. The molecule has 2 atom stereocenters. The molecule has 0 spiro atoms. The van der Waals surface area contributed by atoms with E-state index in [1.165, 1.54) is 0 Å². The lowest BCUT2D eigenvalue weighted by molar-refractivity contribution is 0.131. The molecular formula is C12H14N2. The van der Waals surface area contributed by atoms with Crippen molar-refractivity contribution >= 4 is 0 Å². The maximum Gasteiger partial charge on any atom is 0.0711 e. The first-order valence-corrected chi connectivity index (χ1v) is 5.17. The van der Waals surface area contributed by atoms with Crippen LogP contribution in [0.5, 0.6) is 0 Å². The fourth-order valence-electron chi connectivity index (χ4n) is 2.39. The van der Waals surface area contributed by atoms with Crippen molar-refractivity contribution in [1.82, 2.24) is 9.80 Å². The van der Waals surface area contributed by atoms with Crippen molar-refractivity contribution in [1.29, 1.82) is 0 Å². The average Bonchev–Trinajstić information content (AvgIpc) is 2.29. The van der Waals surface area contributed by atoms with Gasteiger partial charge in [0.15, 0.2) is 0 Å². The molecule has 0 aromatic rings. The zero-order valence-corrected chi connectivity index (χ0v) is 8.08. The molecular weight excluding hydrogens is 172 g/mol. The summed E-state index contributed by atoms with van der Waals surface area (Å²) in [6, 6.07) is 1.05. The molecule has 0 aromatic heterocycles. The molecule has 0 amide bonds. The van der Waals surface area contributed by atoms with Crippen LogP contribution < -0.4 is 0 Å². The molecule has 3 heterocycles. The Morgan fingerprint density at radius 1 is 0.714 bits per heavy atom. The van der Waals surface area contributed by atoms with Gasteiger partial charge >= 0.3 is 0 Å². The third-order valence-electron chi connectivity index (χ3n) is 3.13. The van der Waals surface area contributed by atoms with Crippen LogP contribution in [0.2, 0.25) is 0 Å². The summed E-state index contributed by atoms with van der Waals surface area (Å²) in [7, 11) is 0. The van der Waals surface area contributed by atoms with Crippen LogP contribution in [-0.2, 0) is 0 Å². The van der Waals surface area contributed by atoms with Crippen molar-refractivity contribution in [2.45, 2.75) is 12.1 Å². The van der Waals surface area contributed by atoms with Crippen LogP contribution in [0.3, 0.4) is 0 Å². The normalized spacial score (nSPS) is 33.1. The summed E-state index contributed by atoms with van der Waals surface area (Å²) in [6.07, 6.45) is 17.5. The zero-order valence-electron chi connectivity index (χ0n) is 8.08. The number of piperazine rings is 1. The molecule has 0 aromatic carbocycles. The van der Waals surface area contributed by atoms with E-state index in [4.69, 9.17) is 0 Å². The predicted octanol–water partition coefficient (Wildman–Crippen LogP) is 1.51. The average molecular weight is 186 g/mol. The number of hydrogen-bond donors (Lipinski definition) is 0. The third-order valence-corrected chi connectivity index (χ3v) is 3.13. The van der Waals surface area contributed by atoms with E-state index in [0.717, 1.165) is 13.1 Å². The standard InChI is InChI=1S/C12H14N2/c1-3-7-13-9-10-14-8-4-2-6-12(14)11(13)5-1/h1-8,11-12H,9-10H2/t11-,12-/m0/s1. The first-order valence-electron chi connectivity index (χ1n) is 5.17. The largest absolute Gasteiger partial charge is 0.367 e.